The molecule has 2 rings (SSSR count). The van der Waals surface area contributed by atoms with Crippen molar-refractivity contribution >= 4 is 25.5 Å². The first-order valence-corrected chi connectivity index (χ1v) is 9.72. The third-order valence-electron chi connectivity index (χ3n) is 3.08. The van der Waals surface area contributed by atoms with Crippen LogP contribution in [0.15, 0.2) is 28.1 Å². The monoisotopic (exact) mass is 347 g/mol. The van der Waals surface area contributed by atoms with Gasteiger partial charge in [-0.15, -0.1) is 0 Å². The van der Waals surface area contributed by atoms with Gasteiger partial charge in [0.2, 0.25) is 0 Å². The summed E-state index contributed by atoms with van der Waals surface area (Å²) in [6.07, 6.45) is 2.90. The standard InChI is InChI=1S/C12H14FN3O4S2/c1-16-12(14)8(6-15-16)7-4-9(13)11(22(3,19)20)10(5-7)21(2,17)18/h4-6H,14H2,1-3H3. The van der Waals surface area contributed by atoms with Crippen molar-refractivity contribution in [1.82, 2.24) is 9.78 Å². The fourth-order valence-electron chi connectivity index (χ4n) is 2.03. The Labute approximate surface area is 127 Å². The van der Waals surface area contributed by atoms with Crippen molar-refractivity contribution in [3.63, 3.8) is 0 Å². The van der Waals surface area contributed by atoms with E-state index >= 15 is 0 Å². The lowest BCUT2D eigenvalue weighted by molar-refractivity contribution is 0.555. The quantitative estimate of drug-likeness (QED) is 0.871. The van der Waals surface area contributed by atoms with E-state index in [1.165, 1.54) is 10.9 Å². The third kappa shape index (κ3) is 2.83. The number of hydrogen-bond donors (Lipinski definition) is 1. The number of nitrogen functional groups attached to an aromatic ring is 1. The maximum absolute atomic E-state index is 14.2. The minimum atomic E-state index is -4.06. The van der Waals surface area contributed by atoms with E-state index in [-0.39, 0.29) is 11.4 Å². The SMILES string of the molecule is Cn1ncc(-c2cc(F)c(S(C)(=O)=O)c(S(C)(=O)=O)c2)c1N. The number of anilines is 1. The molecular formula is C12H14FN3O4S2. The van der Waals surface area contributed by atoms with Crippen molar-refractivity contribution in [2.45, 2.75) is 9.79 Å². The highest BCUT2D eigenvalue weighted by molar-refractivity contribution is 7.93. The van der Waals surface area contributed by atoms with Crippen LogP contribution in [0.2, 0.25) is 0 Å². The molecule has 0 saturated carbocycles. The topological polar surface area (TPSA) is 112 Å². The summed E-state index contributed by atoms with van der Waals surface area (Å²) in [5, 5.41) is 3.89. The molecule has 1 aromatic heterocycles. The van der Waals surface area contributed by atoms with Gasteiger partial charge in [-0.3, -0.25) is 4.68 Å². The van der Waals surface area contributed by atoms with Crippen LogP contribution in [0.5, 0.6) is 0 Å². The van der Waals surface area contributed by atoms with Crippen molar-refractivity contribution in [2.24, 2.45) is 7.05 Å². The summed E-state index contributed by atoms with van der Waals surface area (Å²) in [4.78, 5) is -1.45. The van der Waals surface area contributed by atoms with Gasteiger partial charge < -0.3 is 5.73 Å². The molecule has 0 spiro atoms. The van der Waals surface area contributed by atoms with E-state index in [2.05, 4.69) is 5.10 Å². The second-order valence-corrected chi connectivity index (χ2v) is 8.83. The summed E-state index contributed by atoms with van der Waals surface area (Å²) in [6, 6.07) is 2.01. The van der Waals surface area contributed by atoms with E-state index in [1.807, 2.05) is 0 Å². The first-order chi connectivity index (χ1) is 9.93. The van der Waals surface area contributed by atoms with Gasteiger partial charge in [0.1, 0.15) is 16.5 Å². The molecular weight excluding hydrogens is 333 g/mol. The number of nitrogens with two attached hydrogens (primary N) is 1. The molecule has 120 valence electrons. The number of benzene rings is 1. The lowest BCUT2D eigenvalue weighted by Crippen LogP contribution is -2.10. The molecule has 2 aromatic rings. The largest absolute Gasteiger partial charge is 0.383 e. The lowest BCUT2D eigenvalue weighted by Gasteiger charge is -2.10. The van der Waals surface area contributed by atoms with Crippen molar-refractivity contribution in [3.8, 4) is 11.1 Å². The van der Waals surface area contributed by atoms with Gasteiger partial charge in [-0.1, -0.05) is 0 Å². The molecule has 10 heteroatoms. The summed E-state index contributed by atoms with van der Waals surface area (Å²) in [7, 11) is -6.45. The Kier molecular flexibility index (Phi) is 3.78. The van der Waals surface area contributed by atoms with E-state index in [4.69, 9.17) is 5.73 Å². The minimum Gasteiger partial charge on any atom is -0.383 e. The van der Waals surface area contributed by atoms with Gasteiger partial charge in [0.15, 0.2) is 19.7 Å². The molecule has 0 bridgehead atoms. The third-order valence-corrected chi connectivity index (χ3v) is 5.48. The second-order valence-electron chi connectivity index (χ2n) is 4.90. The Morgan fingerprint density at radius 1 is 1.14 bits per heavy atom. The molecule has 0 aliphatic rings. The highest BCUT2D eigenvalue weighted by Gasteiger charge is 2.26. The molecule has 0 fully saturated rings. The Balaban J connectivity index is 2.89. The maximum atomic E-state index is 14.2. The van der Waals surface area contributed by atoms with Crippen LogP contribution in [0.3, 0.4) is 0 Å². The summed E-state index contributed by atoms with van der Waals surface area (Å²) < 4.78 is 62.7. The number of sulfone groups is 2. The Morgan fingerprint density at radius 2 is 1.73 bits per heavy atom. The van der Waals surface area contributed by atoms with Gasteiger partial charge in [0, 0.05) is 25.1 Å². The summed E-state index contributed by atoms with van der Waals surface area (Å²) in [5.74, 6) is -0.949. The van der Waals surface area contributed by atoms with Crippen LogP contribution in [0.25, 0.3) is 11.1 Å². The predicted molar refractivity (Wildman–Crippen MR) is 79.2 cm³/mol. The molecule has 22 heavy (non-hydrogen) atoms. The molecule has 0 aliphatic heterocycles. The highest BCUT2D eigenvalue weighted by Crippen LogP contribution is 2.32. The van der Waals surface area contributed by atoms with Crippen LogP contribution in [0, 0.1) is 5.82 Å². The smallest absolute Gasteiger partial charge is 0.179 e. The van der Waals surface area contributed by atoms with Crippen LogP contribution < -0.4 is 5.73 Å². The zero-order valence-corrected chi connectivity index (χ0v) is 13.7. The van der Waals surface area contributed by atoms with Crippen molar-refractivity contribution in [3.05, 3.63) is 24.1 Å². The van der Waals surface area contributed by atoms with Crippen LogP contribution >= 0.6 is 0 Å². The van der Waals surface area contributed by atoms with Gasteiger partial charge in [-0.25, -0.2) is 21.2 Å². The highest BCUT2D eigenvalue weighted by atomic mass is 32.2. The fourth-order valence-corrected chi connectivity index (χ4v) is 4.55. The van der Waals surface area contributed by atoms with Gasteiger partial charge >= 0.3 is 0 Å². The Morgan fingerprint density at radius 3 is 2.14 bits per heavy atom. The summed E-state index contributed by atoms with van der Waals surface area (Å²) >= 11 is 0. The first-order valence-electron chi connectivity index (χ1n) is 5.94. The van der Waals surface area contributed by atoms with E-state index in [9.17, 15) is 21.2 Å². The normalized spacial score (nSPS) is 12.5. The molecule has 2 N–H and O–H groups in total. The maximum Gasteiger partial charge on any atom is 0.179 e. The van der Waals surface area contributed by atoms with E-state index in [0.717, 1.165) is 24.6 Å². The first kappa shape index (κ1) is 16.4. The molecule has 1 heterocycles. The molecule has 1 aromatic carbocycles. The molecule has 0 aliphatic carbocycles. The van der Waals surface area contributed by atoms with E-state index in [1.54, 1.807) is 7.05 Å². The van der Waals surface area contributed by atoms with Crippen LogP contribution in [0.1, 0.15) is 0 Å². The zero-order valence-electron chi connectivity index (χ0n) is 12.0. The minimum absolute atomic E-state index is 0.135. The van der Waals surface area contributed by atoms with Crippen LogP contribution in [-0.2, 0) is 26.7 Å². The van der Waals surface area contributed by atoms with Crippen LogP contribution in [-0.4, -0.2) is 39.1 Å². The van der Waals surface area contributed by atoms with Crippen LogP contribution in [0.4, 0.5) is 10.2 Å². The fraction of sp³-hybridized carbons (Fsp3) is 0.250. The molecule has 7 nitrogen and oxygen atoms in total. The van der Waals surface area contributed by atoms with Crippen molar-refractivity contribution < 1.29 is 21.2 Å². The van der Waals surface area contributed by atoms with Crippen molar-refractivity contribution in [1.29, 1.82) is 0 Å². The Hall–Kier alpha value is -1.94. The molecule has 0 radical (unpaired) electrons. The molecule has 0 atom stereocenters. The van der Waals surface area contributed by atoms with Crippen molar-refractivity contribution in [2.75, 3.05) is 18.2 Å². The number of nitrogens with zero attached hydrogens (tertiary/aromatic N) is 2. The average Bonchev–Trinajstić information content (AvgIpc) is 2.66. The zero-order chi connectivity index (χ0) is 16.9. The number of aryl methyl sites for hydroxylation is 1. The lowest BCUT2D eigenvalue weighted by atomic mass is 10.1. The second kappa shape index (κ2) is 5.06. The van der Waals surface area contributed by atoms with Gasteiger partial charge in [-0.2, -0.15) is 5.10 Å². The average molecular weight is 347 g/mol. The number of halogens is 1. The van der Waals surface area contributed by atoms with E-state index in [0.29, 0.717) is 5.56 Å². The Bertz CT molecular complexity index is 962. The predicted octanol–water partition coefficient (Wildman–Crippen LogP) is 0.615. The summed E-state index contributed by atoms with van der Waals surface area (Å²) in [6.45, 7) is 0. The molecule has 0 amide bonds. The van der Waals surface area contributed by atoms with E-state index < -0.39 is 35.3 Å². The van der Waals surface area contributed by atoms with Gasteiger partial charge in [0.25, 0.3) is 0 Å². The number of hydrogen-bond acceptors (Lipinski definition) is 6. The summed E-state index contributed by atoms with van der Waals surface area (Å²) in [5.41, 5.74) is 6.22. The number of rotatable bonds is 3. The van der Waals surface area contributed by atoms with Gasteiger partial charge in [-0.05, 0) is 17.7 Å². The number of aromatic nitrogens is 2. The van der Waals surface area contributed by atoms with Gasteiger partial charge in [0.05, 0.1) is 11.1 Å². The molecule has 0 saturated heterocycles. The molecule has 0 unspecified atom stereocenters.